The number of carbonyl (C=O) groups excluding carboxylic acids is 1. The first-order chi connectivity index (χ1) is 9.40. The van der Waals surface area contributed by atoms with Crippen molar-refractivity contribution in [2.75, 3.05) is 13.1 Å². The van der Waals surface area contributed by atoms with Crippen LogP contribution in [0.15, 0.2) is 0 Å². The van der Waals surface area contributed by atoms with Crippen molar-refractivity contribution in [1.82, 2.24) is 10.2 Å². The SMILES string of the molecule is CCC(CC)C(C)NC(=O)N1CCC(CC)(C(=O)O)C1. The Balaban J connectivity index is 2.60. The van der Waals surface area contributed by atoms with Crippen LogP contribution in [0, 0.1) is 11.3 Å². The van der Waals surface area contributed by atoms with E-state index in [1.54, 1.807) is 4.90 Å². The van der Waals surface area contributed by atoms with Crippen molar-refractivity contribution >= 4 is 12.0 Å². The molecule has 0 aromatic rings. The number of likely N-dealkylation sites (tertiary alicyclic amines) is 1. The molecule has 1 fully saturated rings. The number of nitrogens with zero attached hydrogens (tertiary/aromatic N) is 1. The minimum Gasteiger partial charge on any atom is -0.481 e. The van der Waals surface area contributed by atoms with Crippen molar-refractivity contribution in [3.05, 3.63) is 0 Å². The topological polar surface area (TPSA) is 69.6 Å². The highest BCUT2D eigenvalue weighted by molar-refractivity contribution is 5.79. The fraction of sp³-hybridized carbons (Fsp3) is 0.867. The van der Waals surface area contributed by atoms with Crippen LogP contribution in [0.5, 0.6) is 0 Å². The molecule has 1 aliphatic rings. The second-order valence-electron chi connectivity index (χ2n) is 5.93. The summed E-state index contributed by atoms with van der Waals surface area (Å²) < 4.78 is 0. The van der Waals surface area contributed by atoms with E-state index in [1.165, 1.54) is 0 Å². The first-order valence-corrected chi connectivity index (χ1v) is 7.69. The van der Waals surface area contributed by atoms with Gasteiger partial charge in [0.15, 0.2) is 0 Å². The molecule has 5 heteroatoms. The van der Waals surface area contributed by atoms with Crippen molar-refractivity contribution in [2.45, 2.75) is 59.4 Å². The first kappa shape index (κ1) is 16.8. The molecule has 2 amide bonds. The number of rotatable bonds is 6. The lowest BCUT2D eigenvalue weighted by Crippen LogP contribution is -2.46. The largest absolute Gasteiger partial charge is 0.481 e. The number of aliphatic carboxylic acids is 1. The Labute approximate surface area is 121 Å². The van der Waals surface area contributed by atoms with E-state index in [-0.39, 0.29) is 12.1 Å². The summed E-state index contributed by atoms with van der Waals surface area (Å²) in [4.78, 5) is 25.3. The first-order valence-electron chi connectivity index (χ1n) is 7.69. The van der Waals surface area contributed by atoms with E-state index < -0.39 is 11.4 Å². The summed E-state index contributed by atoms with van der Waals surface area (Å²) >= 11 is 0. The predicted molar refractivity (Wildman–Crippen MR) is 78.6 cm³/mol. The van der Waals surface area contributed by atoms with Crippen LogP contribution in [-0.2, 0) is 4.79 Å². The van der Waals surface area contributed by atoms with Gasteiger partial charge in [0.05, 0.1) is 5.41 Å². The highest BCUT2D eigenvalue weighted by Gasteiger charge is 2.44. The molecule has 1 heterocycles. The molecular formula is C15H28N2O3. The molecule has 0 spiro atoms. The lowest BCUT2D eigenvalue weighted by molar-refractivity contribution is -0.148. The maximum atomic E-state index is 12.2. The molecule has 2 atom stereocenters. The minimum absolute atomic E-state index is 0.124. The maximum Gasteiger partial charge on any atom is 0.317 e. The molecule has 20 heavy (non-hydrogen) atoms. The van der Waals surface area contributed by atoms with Crippen molar-refractivity contribution in [1.29, 1.82) is 0 Å². The Morgan fingerprint density at radius 1 is 1.30 bits per heavy atom. The minimum atomic E-state index is -0.789. The van der Waals surface area contributed by atoms with E-state index in [1.807, 2.05) is 13.8 Å². The van der Waals surface area contributed by atoms with E-state index in [4.69, 9.17) is 0 Å². The zero-order valence-electron chi connectivity index (χ0n) is 13.1. The Hall–Kier alpha value is -1.26. The summed E-state index contributed by atoms with van der Waals surface area (Å²) in [5.41, 5.74) is -0.754. The normalized spacial score (nSPS) is 23.9. The average molecular weight is 284 g/mol. The zero-order chi connectivity index (χ0) is 15.3. The molecule has 0 aromatic heterocycles. The number of carboxylic acids is 1. The van der Waals surface area contributed by atoms with Crippen molar-refractivity contribution in [2.24, 2.45) is 11.3 Å². The fourth-order valence-corrected chi connectivity index (χ4v) is 3.06. The highest BCUT2D eigenvalue weighted by Crippen LogP contribution is 2.34. The van der Waals surface area contributed by atoms with Crippen LogP contribution >= 0.6 is 0 Å². The van der Waals surface area contributed by atoms with Gasteiger partial charge in [-0.3, -0.25) is 4.79 Å². The molecule has 5 nitrogen and oxygen atoms in total. The molecule has 0 saturated carbocycles. The summed E-state index contributed by atoms with van der Waals surface area (Å²) in [5, 5.41) is 12.4. The molecule has 0 aromatic carbocycles. The second-order valence-corrected chi connectivity index (χ2v) is 5.93. The zero-order valence-corrected chi connectivity index (χ0v) is 13.1. The Morgan fingerprint density at radius 2 is 1.90 bits per heavy atom. The van der Waals surface area contributed by atoms with Crippen molar-refractivity contribution in [3.63, 3.8) is 0 Å². The van der Waals surface area contributed by atoms with Crippen LogP contribution in [-0.4, -0.2) is 41.1 Å². The van der Waals surface area contributed by atoms with Gasteiger partial charge in [0.25, 0.3) is 0 Å². The number of urea groups is 1. The second kappa shape index (κ2) is 6.95. The van der Waals surface area contributed by atoms with Gasteiger partial charge in [0.2, 0.25) is 0 Å². The number of carboxylic acid groups (broad SMARTS) is 1. The van der Waals surface area contributed by atoms with Gasteiger partial charge in [-0.05, 0) is 25.7 Å². The van der Waals surface area contributed by atoms with E-state index in [9.17, 15) is 14.7 Å². The van der Waals surface area contributed by atoms with Gasteiger partial charge < -0.3 is 15.3 Å². The van der Waals surface area contributed by atoms with E-state index in [0.29, 0.717) is 31.8 Å². The Morgan fingerprint density at radius 3 is 2.30 bits per heavy atom. The Bertz CT molecular complexity index is 355. The molecule has 2 unspecified atom stereocenters. The maximum absolute atomic E-state index is 12.2. The third kappa shape index (κ3) is 3.44. The van der Waals surface area contributed by atoms with E-state index in [0.717, 1.165) is 12.8 Å². The lowest BCUT2D eigenvalue weighted by atomic mass is 9.84. The number of nitrogens with one attached hydrogen (secondary N) is 1. The molecule has 1 saturated heterocycles. The van der Waals surface area contributed by atoms with E-state index >= 15 is 0 Å². The van der Waals surface area contributed by atoms with Gasteiger partial charge in [0.1, 0.15) is 0 Å². The van der Waals surface area contributed by atoms with Gasteiger partial charge in [0, 0.05) is 19.1 Å². The average Bonchev–Trinajstić information content (AvgIpc) is 2.86. The number of carbonyl (C=O) groups is 2. The summed E-state index contributed by atoms with van der Waals surface area (Å²) in [6, 6.07) is -0.0000652. The van der Waals surface area contributed by atoms with Crippen LogP contribution in [0.4, 0.5) is 4.79 Å². The molecule has 116 valence electrons. The van der Waals surface area contributed by atoms with Crippen LogP contribution in [0.3, 0.4) is 0 Å². The molecule has 0 bridgehead atoms. The number of hydrogen-bond acceptors (Lipinski definition) is 2. The standard InChI is InChI=1S/C15H28N2O3/c1-5-12(6-2)11(4)16-14(20)17-9-8-15(7-3,10-17)13(18)19/h11-12H,5-10H2,1-4H3,(H,16,20)(H,18,19). The summed E-state index contributed by atoms with van der Waals surface area (Å²) in [5.74, 6) is -0.319. The van der Waals surface area contributed by atoms with Crippen LogP contribution in [0.2, 0.25) is 0 Å². The van der Waals surface area contributed by atoms with Gasteiger partial charge >= 0.3 is 12.0 Å². The molecule has 1 rings (SSSR count). The van der Waals surface area contributed by atoms with Crippen molar-refractivity contribution < 1.29 is 14.7 Å². The van der Waals surface area contributed by atoms with Crippen molar-refractivity contribution in [3.8, 4) is 0 Å². The highest BCUT2D eigenvalue weighted by atomic mass is 16.4. The monoisotopic (exact) mass is 284 g/mol. The van der Waals surface area contributed by atoms with Gasteiger partial charge in [-0.15, -0.1) is 0 Å². The van der Waals surface area contributed by atoms with Gasteiger partial charge in [-0.25, -0.2) is 4.79 Å². The summed E-state index contributed by atoms with van der Waals surface area (Å²) in [7, 11) is 0. The molecular weight excluding hydrogens is 256 g/mol. The third-order valence-corrected chi connectivity index (χ3v) is 4.88. The molecule has 0 aliphatic carbocycles. The Kier molecular flexibility index (Phi) is 5.84. The fourth-order valence-electron chi connectivity index (χ4n) is 3.06. The van der Waals surface area contributed by atoms with Gasteiger partial charge in [-0.1, -0.05) is 33.6 Å². The number of hydrogen-bond donors (Lipinski definition) is 2. The molecule has 2 N–H and O–H groups in total. The predicted octanol–water partition coefficient (Wildman–Crippen LogP) is 2.71. The lowest BCUT2D eigenvalue weighted by Gasteiger charge is -2.27. The smallest absolute Gasteiger partial charge is 0.317 e. The third-order valence-electron chi connectivity index (χ3n) is 4.88. The van der Waals surface area contributed by atoms with Gasteiger partial charge in [-0.2, -0.15) is 0 Å². The quantitative estimate of drug-likeness (QED) is 0.788. The summed E-state index contributed by atoms with van der Waals surface area (Å²) in [6.07, 6.45) is 3.18. The van der Waals surface area contributed by atoms with E-state index in [2.05, 4.69) is 19.2 Å². The summed E-state index contributed by atoms with van der Waals surface area (Å²) in [6.45, 7) is 9.00. The molecule has 1 aliphatic heterocycles. The van der Waals surface area contributed by atoms with Crippen LogP contribution in [0.1, 0.15) is 53.4 Å². The molecule has 0 radical (unpaired) electrons. The van der Waals surface area contributed by atoms with Crippen LogP contribution < -0.4 is 5.32 Å². The van der Waals surface area contributed by atoms with Crippen LogP contribution in [0.25, 0.3) is 0 Å². The number of amides is 2.